The number of nitriles is 1. The number of aliphatic carboxylic acids is 1. The number of nitrogens with zero attached hydrogens (tertiary/aromatic N) is 2. The number of rotatable bonds is 9. The largest absolute Gasteiger partial charge is 0.481 e. The molecule has 0 bridgehead atoms. The van der Waals surface area contributed by atoms with Crippen molar-refractivity contribution in [1.29, 1.82) is 5.26 Å². The maximum atomic E-state index is 13.2. The van der Waals surface area contributed by atoms with E-state index in [-0.39, 0.29) is 18.2 Å². The van der Waals surface area contributed by atoms with Gasteiger partial charge in [0.15, 0.2) is 0 Å². The zero-order valence-electron chi connectivity index (χ0n) is 19.5. The molecule has 176 valence electrons. The molecule has 1 atom stereocenters. The standard InChI is InChI=1S/C26H28N4O4/c1-4-28-26(34)20-10-11-21-16(2)15-30(23(21)13-20)17(3)25(33)29-22-12-18(14-27)8-9-19(22)6-5-7-24(31)32/h8-13,15,17H,4-7H2,1-3H3,(H,28,34)(H,29,33)(H,31,32). The van der Waals surface area contributed by atoms with Crippen LogP contribution in [0.5, 0.6) is 0 Å². The molecule has 0 spiro atoms. The van der Waals surface area contributed by atoms with Gasteiger partial charge in [-0.2, -0.15) is 5.26 Å². The van der Waals surface area contributed by atoms with Crippen molar-refractivity contribution < 1.29 is 19.5 Å². The first kappa shape index (κ1) is 24.5. The molecule has 3 N–H and O–H groups in total. The number of aryl methyl sites for hydroxylation is 2. The quantitative estimate of drug-likeness (QED) is 0.442. The predicted molar refractivity (Wildman–Crippen MR) is 130 cm³/mol. The lowest BCUT2D eigenvalue weighted by Crippen LogP contribution is -2.24. The highest BCUT2D eigenvalue weighted by Gasteiger charge is 2.20. The van der Waals surface area contributed by atoms with Crippen LogP contribution in [-0.4, -0.2) is 34.0 Å². The van der Waals surface area contributed by atoms with Gasteiger partial charge in [-0.1, -0.05) is 12.1 Å². The number of aromatic nitrogens is 1. The van der Waals surface area contributed by atoms with Crippen molar-refractivity contribution in [3.05, 3.63) is 64.8 Å². The van der Waals surface area contributed by atoms with Crippen LogP contribution < -0.4 is 10.6 Å². The van der Waals surface area contributed by atoms with Crippen molar-refractivity contribution in [3.8, 4) is 6.07 Å². The van der Waals surface area contributed by atoms with Crippen molar-refractivity contribution in [2.24, 2.45) is 0 Å². The van der Waals surface area contributed by atoms with Crippen LogP contribution in [0.15, 0.2) is 42.6 Å². The second-order valence-electron chi connectivity index (χ2n) is 8.21. The third kappa shape index (κ3) is 5.44. The number of fused-ring (bicyclic) bond motifs is 1. The third-order valence-corrected chi connectivity index (χ3v) is 5.76. The van der Waals surface area contributed by atoms with E-state index in [2.05, 4.69) is 16.7 Å². The topological polar surface area (TPSA) is 124 Å². The molecule has 2 amide bonds. The number of carbonyl (C=O) groups excluding carboxylic acids is 2. The number of amides is 2. The monoisotopic (exact) mass is 460 g/mol. The van der Waals surface area contributed by atoms with Gasteiger partial charge in [-0.3, -0.25) is 14.4 Å². The van der Waals surface area contributed by atoms with E-state index in [0.29, 0.717) is 36.2 Å². The summed E-state index contributed by atoms with van der Waals surface area (Å²) in [5, 5.41) is 24.9. The summed E-state index contributed by atoms with van der Waals surface area (Å²) in [7, 11) is 0. The van der Waals surface area contributed by atoms with Gasteiger partial charge in [0.05, 0.1) is 11.6 Å². The predicted octanol–water partition coefficient (Wildman–Crippen LogP) is 4.18. The summed E-state index contributed by atoms with van der Waals surface area (Å²) >= 11 is 0. The number of carbonyl (C=O) groups is 3. The SMILES string of the molecule is CCNC(=O)c1ccc2c(C)cn(C(C)C(=O)Nc3cc(C#N)ccc3CCCC(=O)O)c2c1. The highest BCUT2D eigenvalue weighted by atomic mass is 16.4. The van der Waals surface area contributed by atoms with Crippen molar-refractivity contribution in [3.63, 3.8) is 0 Å². The van der Waals surface area contributed by atoms with E-state index in [4.69, 9.17) is 5.11 Å². The van der Waals surface area contributed by atoms with Crippen LogP contribution in [-0.2, 0) is 16.0 Å². The minimum Gasteiger partial charge on any atom is -0.481 e. The molecule has 0 aliphatic carbocycles. The third-order valence-electron chi connectivity index (χ3n) is 5.76. The Morgan fingerprint density at radius 2 is 1.94 bits per heavy atom. The first-order chi connectivity index (χ1) is 16.2. The Morgan fingerprint density at radius 1 is 1.18 bits per heavy atom. The van der Waals surface area contributed by atoms with Crippen molar-refractivity contribution in [2.75, 3.05) is 11.9 Å². The Bertz CT molecular complexity index is 1290. The lowest BCUT2D eigenvalue weighted by molar-refractivity contribution is -0.137. The average Bonchev–Trinajstić information content (AvgIpc) is 3.15. The lowest BCUT2D eigenvalue weighted by Gasteiger charge is -2.18. The van der Waals surface area contributed by atoms with Gasteiger partial charge in [0.25, 0.3) is 5.91 Å². The van der Waals surface area contributed by atoms with Crippen LogP contribution in [0.2, 0.25) is 0 Å². The molecule has 0 radical (unpaired) electrons. The highest BCUT2D eigenvalue weighted by molar-refractivity contribution is 6.00. The van der Waals surface area contributed by atoms with Gasteiger partial charge < -0.3 is 20.3 Å². The zero-order chi connectivity index (χ0) is 24.8. The smallest absolute Gasteiger partial charge is 0.303 e. The highest BCUT2D eigenvalue weighted by Crippen LogP contribution is 2.27. The summed E-state index contributed by atoms with van der Waals surface area (Å²) in [4.78, 5) is 36.4. The molecule has 3 aromatic rings. The van der Waals surface area contributed by atoms with Crippen LogP contribution >= 0.6 is 0 Å². The molecule has 0 aliphatic rings. The number of nitrogens with one attached hydrogen (secondary N) is 2. The molecule has 1 aromatic heterocycles. The molecule has 0 saturated carbocycles. The molecule has 1 unspecified atom stereocenters. The first-order valence-corrected chi connectivity index (χ1v) is 11.2. The summed E-state index contributed by atoms with van der Waals surface area (Å²) in [6.45, 7) is 6.09. The Hall–Kier alpha value is -4.12. The fourth-order valence-corrected chi connectivity index (χ4v) is 3.92. The molecular weight excluding hydrogens is 432 g/mol. The van der Waals surface area contributed by atoms with Crippen molar-refractivity contribution in [2.45, 2.75) is 46.1 Å². The van der Waals surface area contributed by atoms with Crippen molar-refractivity contribution >= 4 is 34.4 Å². The van der Waals surface area contributed by atoms with Gasteiger partial charge >= 0.3 is 5.97 Å². The molecule has 8 heteroatoms. The molecule has 0 fully saturated rings. The summed E-state index contributed by atoms with van der Waals surface area (Å²) in [5.41, 5.74) is 3.95. The first-order valence-electron chi connectivity index (χ1n) is 11.2. The number of anilines is 1. The van der Waals surface area contributed by atoms with Crippen LogP contribution in [0.1, 0.15) is 59.8 Å². The zero-order valence-corrected chi connectivity index (χ0v) is 19.5. The number of hydrogen-bond donors (Lipinski definition) is 3. The summed E-state index contributed by atoms with van der Waals surface area (Å²) in [5.74, 6) is -1.34. The van der Waals surface area contributed by atoms with Crippen LogP contribution in [0.25, 0.3) is 10.9 Å². The average molecular weight is 461 g/mol. The molecule has 3 rings (SSSR count). The van der Waals surface area contributed by atoms with Crippen LogP contribution in [0.3, 0.4) is 0 Å². The van der Waals surface area contributed by atoms with Gasteiger partial charge in [0.2, 0.25) is 5.91 Å². The fraction of sp³-hybridized carbons (Fsp3) is 0.308. The van der Waals surface area contributed by atoms with Gasteiger partial charge in [0.1, 0.15) is 6.04 Å². The Labute approximate surface area is 198 Å². The van der Waals surface area contributed by atoms with E-state index in [1.807, 2.05) is 30.7 Å². The van der Waals surface area contributed by atoms with E-state index < -0.39 is 12.0 Å². The second-order valence-corrected chi connectivity index (χ2v) is 8.21. The van der Waals surface area contributed by atoms with E-state index in [1.54, 1.807) is 37.3 Å². The van der Waals surface area contributed by atoms with Gasteiger partial charge in [0, 0.05) is 41.3 Å². The Balaban J connectivity index is 1.90. The number of hydrogen-bond acceptors (Lipinski definition) is 4. The van der Waals surface area contributed by atoms with Gasteiger partial charge in [-0.15, -0.1) is 0 Å². The normalized spacial score (nSPS) is 11.6. The minimum atomic E-state index is -0.880. The number of carboxylic acid groups (broad SMARTS) is 1. The molecular formula is C26H28N4O4. The molecule has 8 nitrogen and oxygen atoms in total. The maximum absolute atomic E-state index is 13.2. The van der Waals surface area contributed by atoms with E-state index >= 15 is 0 Å². The second kappa shape index (κ2) is 10.7. The molecule has 0 saturated heterocycles. The van der Waals surface area contributed by atoms with E-state index in [9.17, 15) is 19.6 Å². The van der Waals surface area contributed by atoms with E-state index in [0.717, 1.165) is 22.0 Å². The van der Waals surface area contributed by atoms with Crippen LogP contribution in [0.4, 0.5) is 5.69 Å². The van der Waals surface area contributed by atoms with Crippen LogP contribution in [0, 0.1) is 18.3 Å². The minimum absolute atomic E-state index is 0.0202. The lowest BCUT2D eigenvalue weighted by atomic mass is 10.0. The van der Waals surface area contributed by atoms with Gasteiger partial charge in [-0.05, 0) is 69.0 Å². The summed E-state index contributed by atoms with van der Waals surface area (Å²) in [6, 6.07) is 11.9. The molecule has 1 heterocycles. The Morgan fingerprint density at radius 3 is 2.62 bits per heavy atom. The number of carboxylic acids is 1. The molecule has 2 aromatic carbocycles. The maximum Gasteiger partial charge on any atom is 0.303 e. The molecule has 34 heavy (non-hydrogen) atoms. The van der Waals surface area contributed by atoms with Gasteiger partial charge in [-0.25, -0.2) is 0 Å². The number of benzene rings is 2. The fourth-order valence-electron chi connectivity index (χ4n) is 3.92. The van der Waals surface area contributed by atoms with Crippen molar-refractivity contribution in [1.82, 2.24) is 9.88 Å². The summed E-state index contributed by atoms with van der Waals surface area (Å²) in [6.07, 6.45) is 2.79. The Kier molecular flexibility index (Phi) is 7.69. The van der Waals surface area contributed by atoms with E-state index in [1.165, 1.54) is 0 Å². The molecule has 0 aliphatic heterocycles. The summed E-state index contributed by atoms with van der Waals surface area (Å²) < 4.78 is 1.83.